The molecule has 2 heterocycles. The molecule has 10 nitrogen and oxygen atoms in total. The van der Waals surface area contributed by atoms with E-state index in [1.54, 1.807) is 6.07 Å². The molecule has 2 fully saturated rings. The van der Waals surface area contributed by atoms with Gasteiger partial charge in [0.05, 0.1) is 40.6 Å². The van der Waals surface area contributed by atoms with Crippen molar-refractivity contribution < 1.29 is 14.5 Å². The summed E-state index contributed by atoms with van der Waals surface area (Å²) in [7, 11) is 5.34. The fourth-order valence-corrected chi connectivity index (χ4v) is 6.23. The Hall–Kier alpha value is -3.66. The number of hydrogen-bond donors (Lipinski definition) is 1. The molecule has 0 bridgehead atoms. The molecule has 0 spiro atoms. The number of imidazole rings is 1. The number of esters is 1. The molecule has 10 heteroatoms. The molecule has 1 saturated heterocycles. The van der Waals surface area contributed by atoms with Crippen molar-refractivity contribution >= 4 is 34.1 Å². The van der Waals surface area contributed by atoms with E-state index < -0.39 is 10.9 Å². The number of nitrogens with zero attached hydrogens (tertiary/aromatic N) is 5. The number of ether oxygens (including phenoxy) is 1. The summed E-state index contributed by atoms with van der Waals surface area (Å²) in [5.74, 6) is -0.264. The van der Waals surface area contributed by atoms with Crippen LogP contribution in [0, 0.1) is 16.0 Å². The van der Waals surface area contributed by atoms with E-state index >= 15 is 0 Å². The Labute approximate surface area is 222 Å². The van der Waals surface area contributed by atoms with Crippen LogP contribution in [0.2, 0.25) is 0 Å². The average molecular weight is 521 g/mol. The van der Waals surface area contributed by atoms with Crippen LogP contribution >= 0.6 is 0 Å². The lowest BCUT2D eigenvalue weighted by Crippen LogP contribution is -2.27. The van der Waals surface area contributed by atoms with E-state index in [0.717, 1.165) is 49.9 Å². The molecule has 202 valence electrons. The zero-order valence-corrected chi connectivity index (χ0v) is 22.4. The van der Waals surface area contributed by atoms with Gasteiger partial charge in [-0.2, -0.15) is 0 Å². The normalized spacial score (nSPS) is 18.4. The van der Waals surface area contributed by atoms with Crippen molar-refractivity contribution in [3.8, 4) is 11.1 Å². The van der Waals surface area contributed by atoms with Crippen molar-refractivity contribution in [3.63, 3.8) is 0 Å². The van der Waals surface area contributed by atoms with Crippen molar-refractivity contribution in [1.29, 1.82) is 0 Å². The molecule has 0 amide bonds. The third-order valence-corrected chi connectivity index (χ3v) is 7.99. The monoisotopic (exact) mass is 520 g/mol. The highest BCUT2D eigenvalue weighted by Gasteiger charge is 2.34. The number of nitrogens with two attached hydrogens (primary N) is 1. The number of nitro benzene ring substituents is 1. The number of nitro groups is 1. The maximum atomic E-state index is 12.8. The minimum atomic E-state index is -0.676. The zero-order chi connectivity index (χ0) is 27.0. The highest BCUT2D eigenvalue weighted by molar-refractivity contribution is 6.06. The summed E-state index contributed by atoms with van der Waals surface area (Å²) in [6, 6.07) is 7.93. The predicted molar refractivity (Wildman–Crippen MR) is 149 cm³/mol. The number of nitrogen functional groups attached to an aromatic ring is 1. The first-order valence-electron chi connectivity index (χ1n) is 13.3. The van der Waals surface area contributed by atoms with E-state index in [-0.39, 0.29) is 16.9 Å². The molecular formula is C28H36N6O4. The molecule has 5 rings (SSSR count). The Kier molecular flexibility index (Phi) is 7.25. The molecule has 0 radical (unpaired) electrons. The van der Waals surface area contributed by atoms with Crippen LogP contribution in [0.3, 0.4) is 0 Å². The molecule has 38 heavy (non-hydrogen) atoms. The van der Waals surface area contributed by atoms with Crippen LogP contribution in [-0.2, 0) is 4.74 Å². The van der Waals surface area contributed by atoms with E-state index in [1.807, 2.05) is 38.6 Å². The number of rotatable bonds is 7. The van der Waals surface area contributed by atoms with Gasteiger partial charge in [0.15, 0.2) is 0 Å². The average Bonchev–Trinajstić information content (AvgIpc) is 3.54. The van der Waals surface area contributed by atoms with Crippen molar-refractivity contribution in [2.24, 2.45) is 5.92 Å². The van der Waals surface area contributed by atoms with Gasteiger partial charge in [-0.1, -0.05) is 25.3 Å². The van der Waals surface area contributed by atoms with E-state index in [4.69, 9.17) is 10.5 Å². The number of benzene rings is 2. The number of carbonyl (C=O) groups excluding carboxylic acids is 1. The van der Waals surface area contributed by atoms with Gasteiger partial charge in [0.2, 0.25) is 0 Å². The molecule has 1 saturated carbocycles. The van der Waals surface area contributed by atoms with Crippen LogP contribution in [0.5, 0.6) is 0 Å². The highest BCUT2D eigenvalue weighted by Crippen LogP contribution is 2.44. The summed E-state index contributed by atoms with van der Waals surface area (Å²) in [5.41, 5.74) is 9.40. The summed E-state index contributed by atoms with van der Waals surface area (Å²) in [4.78, 5) is 33.5. The Morgan fingerprint density at radius 2 is 1.97 bits per heavy atom. The second-order valence-electron chi connectivity index (χ2n) is 10.8. The Balaban J connectivity index is 1.61. The first-order chi connectivity index (χ1) is 18.3. The molecule has 3 aromatic rings. The van der Waals surface area contributed by atoms with Gasteiger partial charge < -0.3 is 24.8 Å². The molecule has 2 N–H and O–H groups in total. The van der Waals surface area contributed by atoms with Crippen molar-refractivity contribution in [1.82, 2.24) is 14.5 Å². The molecule has 2 aliphatic rings. The van der Waals surface area contributed by atoms with E-state index in [2.05, 4.69) is 19.4 Å². The highest BCUT2D eigenvalue weighted by atomic mass is 16.6. The third-order valence-electron chi connectivity index (χ3n) is 7.99. The maximum absolute atomic E-state index is 12.8. The first kappa shape index (κ1) is 26.0. The summed E-state index contributed by atoms with van der Waals surface area (Å²) in [6.07, 6.45) is 8.82. The number of carbonyl (C=O) groups is 1. The van der Waals surface area contributed by atoms with Gasteiger partial charge in [0.25, 0.3) is 0 Å². The predicted octanol–water partition coefficient (Wildman–Crippen LogP) is 4.87. The zero-order valence-electron chi connectivity index (χ0n) is 22.4. The molecule has 1 aromatic heterocycles. The van der Waals surface area contributed by atoms with Crippen molar-refractivity contribution in [2.45, 2.75) is 44.6 Å². The Morgan fingerprint density at radius 1 is 1.21 bits per heavy atom. The second kappa shape index (κ2) is 10.6. The van der Waals surface area contributed by atoms with Gasteiger partial charge >= 0.3 is 11.7 Å². The fourth-order valence-electron chi connectivity index (χ4n) is 6.23. The molecular weight excluding hydrogens is 484 g/mol. The van der Waals surface area contributed by atoms with Gasteiger partial charge in [-0.3, -0.25) is 10.1 Å². The molecule has 1 aliphatic carbocycles. The number of hydrogen-bond acceptors (Lipinski definition) is 8. The number of aromatic nitrogens is 2. The van der Waals surface area contributed by atoms with Gasteiger partial charge in [0, 0.05) is 25.7 Å². The summed E-state index contributed by atoms with van der Waals surface area (Å²) >= 11 is 0. The summed E-state index contributed by atoms with van der Waals surface area (Å²) < 4.78 is 7.26. The van der Waals surface area contributed by atoms with Crippen molar-refractivity contribution in [3.05, 3.63) is 46.3 Å². The van der Waals surface area contributed by atoms with E-state index in [9.17, 15) is 14.9 Å². The smallest absolute Gasteiger partial charge is 0.342 e. The lowest BCUT2D eigenvalue weighted by molar-refractivity contribution is -0.383. The van der Waals surface area contributed by atoms with Crippen molar-refractivity contribution in [2.75, 3.05) is 51.5 Å². The second-order valence-corrected chi connectivity index (χ2v) is 10.8. The van der Waals surface area contributed by atoms with E-state index in [1.165, 1.54) is 26.4 Å². The van der Waals surface area contributed by atoms with Gasteiger partial charge in [-0.05, 0) is 63.0 Å². The van der Waals surface area contributed by atoms with Crippen LogP contribution in [0.15, 0.2) is 30.6 Å². The Morgan fingerprint density at radius 3 is 2.66 bits per heavy atom. The Bertz CT molecular complexity index is 1360. The van der Waals surface area contributed by atoms with E-state index in [0.29, 0.717) is 28.8 Å². The van der Waals surface area contributed by atoms with Gasteiger partial charge in [-0.25, -0.2) is 9.78 Å². The molecule has 2 aromatic carbocycles. The minimum absolute atomic E-state index is 0.0520. The number of anilines is 2. The molecule has 1 aliphatic heterocycles. The number of methoxy groups -OCH3 is 1. The van der Waals surface area contributed by atoms with Crippen LogP contribution in [0.4, 0.5) is 17.1 Å². The SMILES string of the molecule is COC(=O)c1c(N2CCC(CN(C)C)C2)cc(-c2ccc3c(c2)ncn3C2CCCCC2)c([N+](=O)[O-])c1N. The quantitative estimate of drug-likeness (QED) is 0.203. The standard InChI is InChI=1S/C28H36N6O4/c1-31(2)15-18-11-12-32(16-18)24-14-21(27(34(36)37)26(29)25(24)28(35)38-3)19-9-10-23-22(13-19)30-17-33(23)20-7-5-4-6-8-20/h9-10,13-14,17-18,20H,4-8,11-12,15-16,29H2,1-3H3. The number of fused-ring (bicyclic) bond motifs is 1. The van der Waals surface area contributed by atoms with Gasteiger partial charge in [0.1, 0.15) is 11.3 Å². The maximum Gasteiger partial charge on any atom is 0.342 e. The summed E-state index contributed by atoms with van der Waals surface area (Å²) in [5, 5.41) is 12.3. The molecule has 1 unspecified atom stereocenters. The first-order valence-corrected chi connectivity index (χ1v) is 13.3. The van der Waals surface area contributed by atoms with Crippen LogP contribution < -0.4 is 10.6 Å². The van der Waals surface area contributed by atoms with Crippen LogP contribution in [-0.4, -0.2) is 66.2 Å². The fraction of sp³-hybridized carbons (Fsp3) is 0.500. The third kappa shape index (κ3) is 4.80. The summed E-state index contributed by atoms with van der Waals surface area (Å²) in [6.45, 7) is 2.37. The van der Waals surface area contributed by atoms with Crippen LogP contribution in [0.1, 0.15) is 54.9 Å². The lowest BCUT2D eigenvalue weighted by atomic mass is 9.95. The largest absolute Gasteiger partial charge is 0.465 e. The minimum Gasteiger partial charge on any atom is -0.465 e. The van der Waals surface area contributed by atoms with Crippen LogP contribution in [0.25, 0.3) is 22.2 Å². The topological polar surface area (TPSA) is 120 Å². The molecule has 1 atom stereocenters. The lowest BCUT2D eigenvalue weighted by Gasteiger charge is -2.24. The van der Waals surface area contributed by atoms with Gasteiger partial charge in [-0.15, -0.1) is 0 Å².